The zero-order chi connectivity index (χ0) is 20.3. The molecular formula is C19H27ClN6OS. The van der Waals surface area contributed by atoms with Crippen molar-refractivity contribution in [1.29, 1.82) is 5.41 Å². The van der Waals surface area contributed by atoms with Crippen LogP contribution in [0.4, 0.5) is 5.69 Å². The molecule has 1 fully saturated rings. The summed E-state index contributed by atoms with van der Waals surface area (Å²) in [6.45, 7) is 6.75. The number of hydrazine groups is 1. The van der Waals surface area contributed by atoms with Crippen molar-refractivity contribution in [2.75, 3.05) is 17.2 Å². The molecule has 0 bridgehead atoms. The molecule has 152 valence electrons. The third kappa shape index (κ3) is 4.51. The minimum absolute atomic E-state index is 0.0204. The van der Waals surface area contributed by atoms with Gasteiger partial charge in [0.2, 0.25) is 5.91 Å². The summed E-state index contributed by atoms with van der Waals surface area (Å²) in [7, 11) is 0. The van der Waals surface area contributed by atoms with Gasteiger partial charge in [0.1, 0.15) is 12.0 Å². The lowest BCUT2D eigenvalue weighted by Gasteiger charge is -2.36. The number of aliphatic imine (C=N–C) groups is 1. The van der Waals surface area contributed by atoms with Gasteiger partial charge in [-0.2, -0.15) is 0 Å². The number of aryl methyl sites for hydroxylation is 1. The molecule has 1 saturated heterocycles. The number of nitrogens with one attached hydrogen (secondary N) is 4. The molecule has 2 heterocycles. The zero-order valence-corrected chi connectivity index (χ0v) is 18.0. The van der Waals surface area contributed by atoms with Crippen molar-refractivity contribution in [2.24, 2.45) is 10.9 Å². The smallest absolute Gasteiger partial charge is 0.230 e. The van der Waals surface area contributed by atoms with Crippen LogP contribution >= 0.6 is 23.4 Å². The molecule has 9 heteroatoms. The standard InChI is InChI=1S/C19H27ClN6OS/c1-4-5-8-22-15(27)10-28-19-23-18-16(12(3)24-25-18)17(21)26(19)13-6-7-14(20)11(2)9-13/h6-7,9,12,16,18,21,24-25H,4-5,8,10H2,1-3H3,(H,22,27). The highest BCUT2D eigenvalue weighted by Crippen LogP contribution is 2.33. The fourth-order valence-corrected chi connectivity index (χ4v) is 4.30. The van der Waals surface area contributed by atoms with Gasteiger partial charge in [-0.15, -0.1) is 0 Å². The van der Waals surface area contributed by atoms with Gasteiger partial charge in [0.05, 0.1) is 11.7 Å². The Bertz CT molecular complexity index is 786. The van der Waals surface area contributed by atoms with Crippen LogP contribution in [0.1, 0.15) is 32.3 Å². The quantitative estimate of drug-likeness (QED) is 0.529. The lowest BCUT2D eigenvalue weighted by atomic mass is 9.97. The van der Waals surface area contributed by atoms with Gasteiger partial charge in [0.25, 0.3) is 0 Å². The molecule has 0 saturated carbocycles. The van der Waals surface area contributed by atoms with Crippen molar-refractivity contribution in [1.82, 2.24) is 16.2 Å². The number of carbonyl (C=O) groups excluding carboxylic acids is 1. The van der Waals surface area contributed by atoms with E-state index in [0.717, 1.165) is 24.1 Å². The maximum absolute atomic E-state index is 12.2. The van der Waals surface area contributed by atoms with Crippen molar-refractivity contribution in [3.63, 3.8) is 0 Å². The molecule has 3 rings (SSSR count). The monoisotopic (exact) mass is 422 g/mol. The van der Waals surface area contributed by atoms with Crippen LogP contribution in [0.5, 0.6) is 0 Å². The molecule has 1 amide bonds. The van der Waals surface area contributed by atoms with E-state index in [0.29, 0.717) is 22.6 Å². The summed E-state index contributed by atoms with van der Waals surface area (Å²) < 4.78 is 0. The molecule has 7 nitrogen and oxygen atoms in total. The Balaban J connectivity index is 1.83. The van der Waals surface area contributed by atoms with Crippen LogP contribution in [-0.2, 0) is 4.79 Å². The van der Waals surface area contributed by atoms with E-state index in [2.05, 4.69) is 23.1 Å². The third-order valence-corrected chi connectivity index (χ3v) is 6.30. The first kappa shape index (κ1) is 21.1. The molecule has 2 aliphatic heterocycles. The molecular weight excluding hydrogens is 396 g/mol. The summed E-state index contributed by atoms with van der Waals surface area (Å²) in [6, 6.07) is 5.76. The number of hydrogen-bond acceptors (Lipinski definition) is 6. The van der Waals surface area contributed by atoms with Crippen molar-refractivity contribution in [3.8, 4) is 0 Å². The third-order valence-electron chi connectivity index (χ3n) is 4.92. The Labute approximate surface area is 175 Å². The van der Waals surface area contributed by atoms with Gasteiger partial charge in [-0.25, -0.2) is 10.4 Å². The second-order valence-corrected chi connectivity index (χ2v) is 8.46. The van der Waals surface area contributed by atoms with E-state index in [1.807, 2.05) is 36.9 Å². The minimum Gasteiger partial charge on any atom is -0.355 e. The van der Waals surface area contributed by atoms with E-state index in [4.69, 9.17) is 22.0 Å². The molecule has 0 spiro atoms. The number of unbranched alkanes of at least 4 members (excludes halogenated alkanes) is 1. The molecule has 1 aromatic rings. The maximum atomic E-state index is 12.2. The summed E-state index contributed by atoms with van der Waals surface area (Å²) in [6.07, 6.45) is 1.80. The fraction of sp³-hybridized carbons (Fsp3) is 0.526. The van der Waals surface area contributed by atoms with Crippen LogP contribution in [0.15, 0.2) is 23.2 Å². The topological polar surface area (TPSA) is 92.6 Å². The lowest BCUT2D eigenvalue weighted by Crippen LogP contribution is -2.50. The Morgan fingerprint density at radius 2 is 2.21 bits per heavy atom. The summed E-state index contributed by atoms with van der Waals surface area (Å²) in [4.78, 5) is 18.8. The van der Waals surface area contributed by atoms with E-state index < -0.39 is 0 Å². The highest BCUT2D eigenvalue weighted by Gasteiger charge is 2.43. The van der Waals surface area contributed by atoms with Crippen LogP contribution in [0.25, 0.3) is 0 Å². The number of amidine groups is 2. The van der Waals surface area contributed by atoms with E-state index in [1.54, 1.807) is 0 Å². The zero-order valence-electron chi connectivity index (χ0n) is 16.4. The summed E-state index contributed by atoms with van der Waals surface area (Å²) in [5.74, 6) is 0.617. The lowest BCUT2D eigenvalue weighted by molar-refractivity contribution is -0.118. The first-order valence-electron chi connectivity index (χ1n) is 9.55. The van der Waals surface area contributed by atoms with Gasteiger partial charge in [-0.05, 0) is 44.0 Å². The summed E-state index contributed by atoms with van der Waals surface area (Å²) >= 11 is 7.54. The Kier molecular flexibility index (Phi) is 6.98. The molecule has 0 aromatic heterocycles. The highest BCUT2D eigenvalue weighted by atomic mass is 35.5. The van der Waals surface area contributed by atoms with E-state index in [1.165, 1.54) is 11.8 Å². The Hall–Kier alpha value is -1.61. The molecule has 2 aliphatic rings. The van der Waals surface area contributed by atoms with Gasteiger partial charge in [0, 0.05) is 23.3 Å². The first-order chi connectivity index (χ1) is 13.4. The largest absolute Gasteiger partial charge is 0.355 e. The summed E-state index contributed by atoms with van der Waals surface area (Å²) in [5.41, 5.74) is 8.09. The van der Waals surface area contributed by atoms with Gasteiger partial charge in [-0.1, -0.05) is 36.7 Å². The number of fused-ring (bicyclic) bond motifs is 1. The van der Waals surface area contributed by atoms with Gasteiger partial charge in [-0.3, -0.25) is 20.5 Å². The summed E-state index contributed by atoms with van der Waals surface area (Å²) in [5, 5.41) is 13.1. The SMILES string of the molecule is CCCCNC(=O)CSC1=NC2NNC(C)C2C(=N)N1c1ccc(Cl)c(C)c1. The molecule has 0 radical (unpaired) electrons. The number of anilines is 1. The van der Waals surface area contributed by atoms with Crippen molar-refractivity contribution >= 4 is 46.0 Å². The Morgan fingerprint density at radius 3 is 2.93 bits per heavy atom. The van der Waals surface area contributed by atoms with E-state index in [-0.39, 0.29) is 29.8 Å². The van der Waals surface area contributed by atoms with Crippen LogP contribution in [0.2, 0.25) is 5.02 Å². The second kappa shape index (κ2) is 9.26. The maximum Gasteiger partial charge on any atom is 0.230 e. The molecule has 3 atom stereocenters. The average molecular weight is 423 g/mol. The van der Waals surface area contributed by atoms with E-state index in [9.17, 15) is 4.79 Å². The van der Waals surface area contributed by atoms with Crippen molar-refractivity contribution in [3.05, 3.63) is 28.8 Å². The van der Waals surface area contributed by atoms with Crippen molar-refractivity contribution in [2.45, 2.75) is 45.8 Å². The number of halogens is 1. The molecule has 3 unspecified atom stereocenters. The molecule has 28 heavy (non-hydrogen) atoms. The minimum atomic E-state index is -0.210. The molecule has 0 aliphatic carbocycles. The fourth-order valence-electron chi connectivity index (χ4n) is 3.30. The van der Waals surface area contributed by atoms with Crippen LogP contribution < -0.4 is 21.1 Å². The van der Waals surface area contributed by atoms with Gasteiger partial charge in [0.15, 0.2) is 5.17 Å². The van der Waals surface area contributed by atoms with Crippen LogP contribution in [-0.4, -0.2) is 41.4 Å². The number of hydrogen-bond donors (Lipinski definition) is 4. The highest BCUT2D eigenvalue weighted by molar-refractivity contribution is 8.14. The predicted octanol–water partition coefficient (Wildman–Crippen LogP) is 2.89. The number of thioether (sulfide) groups is 1. The van der Waals surface area contributed by atoms with Gasteiger partial charge < -0.3 is 5.32 Å². The molecule has 4 N–H and O–H groups in total. The predicted molar refractivity (Wildman–Crippen MR) is 117 cm³/mol. The first-order valence-corrected chi connectivity index (χ1v) is 10.9. The van der Waals surface area contributed by atoms with Crippen molar-refractivity contribution < 1.29 is 4.79 Å². The number of rotatable bonds is 6. The number of amides is 1. The average Bonchev–Trinajstić information content (AvgIpc) is 3.04. The normalized spacial score (nSPS) is 24.1. The number of nitrogens with zero attached hydrogens (tertiary/aromatic N) is 2. The Morgan fingerprint density at radius 1 is 1.43 bits per heavy atom. The van der Waals surface area contributed by atoms with E-state index >= 15 is 0 Å². The number of benzene rings is 1. The molecule has 1 aromatic carbocycles. The second-order valence-electron chi connectivity index (χ2n) is 7.11. The van der Waals surface area contributed by atoms with Crippen LogP contribution in [0, 0.1) is 18.3 Å². The van der Waals surface area contributed by atoms with Gasteiger partial charge >= 0.3 is 0 Å². The van der Waals surface area contributed by atoms with Crippen LogP contribution in [0.3, 0.4) is 0 Å². The number of carbonyl (C=O) groups is 1.